The molecule has 5 rings (SSSR count). The number of hydrogen-bond acceptors (Lipinski definition) is 3. The highest BCUT2D eigenvalue weighted by Gasteiger charge is 2.71. The Kier molecular flexibility index (Phi) is 4.62. The Morgan fingerprint density at radius 1 is 0.900 bits per heavy atom. The third-order valence-corrected chi connectivity index (χ3v) is 6.35. The number of nitrogens with zero attached hydrogens (tertiary/aromatic N) is 1. The van der Waals surface area contributed by atoms with Crippen molar-refractivity contribution in [2.24, 2.45) is 5.92 Å². The first-order valence-corrected chi connectivity index (χ1v) is 10.3. The molecule has 150 valence electrons. The molecule has 2 aliphatic rings. The third-order valence-electron chi connectivity index (χ3n) is 6.35. The Balaban J connectivity index is 1.39. The molecule has 3 aromatic rings. The summed E-state index contributed by atoms with van der Waals surface area (Å²) in [6, 6.07) is 29.1. The number of esters is 1. The Morgan fingerprint density at radius 3 is 2.17 bits per heavy atom. The number of benzene rings is 3. The summed E-state index contributed by atoms with van der Waals surface area (Å²) < 4.78 is 5.54. The van der Waals surface area contributed by atoms with E-state index in [0.29, 0.717) is 0 Å². The SMILES string of the molecule is O=C(CC1[C@H]2C[C@@]2(c2ccccc2)C(=O)N1c1ccccc1)OCc1ccccc1. The van der Waals surface area contributed by atoms with E-state index in [4.69, 9.17) is 4.74 Å². The van der Waals surface area contributed by atoms with Crippen molar-refractivity contribution in [2.75, 3.05) is 4.90 Å². The van der Waals surface area contributed by atoms with Gasteiger partial charge in [0.15, 0.2) is 0 Å². The monoisotopic (exact) mass is 397 g/mol. The van der Waals surface area contributed by atoms with Crippen LogP contribution in [0.15, 0.2) is 91.0 Å². The van der Waals surface area contributed by atoms with Crippen molar-refractivity contribution in [3.63, 3.8) is 0 Å². The summed E-state index contributed by atoms with van der Waals surface area (Å²) in [5.41, 5.74) is 2.33. The fourth-order valence-corrected chi connectivity index (χ4v) is 4.83. The van der Waals surface area contributed by atoms with Crippen LogP contribution >= 0.6 is 0 Å². The van der Waals surface area contributed by atoms with Gasteiger partial charge in [0.25, 0.3) is 0 Å². The molecule has 2 fully saturated rings. The number of amides is 1. The summed E-state index contributed by atoms with van der Waals surface area (Å²) in [5.74, 6) is -0.0593. The molecule has 0 aromatic heterocycles. The van der Waals surface area contributed by atoms with E-state index in [1.165, 1.54) is 0 Å². The Bertz CT molecular complexity index is 1050. The molecule has 1 aliphatic carbocycles. The second kappa shape index (κ2) is 7.45. The fraction of sp³-hybridized carbons (Fsp3) is 0.231. The maximum Gasteiger partial charge on any atom is 0.308 e. The number of fused-ring (bicyclic) bond motifs is 1. The molecule has 3 aromatic carbocycles. The van der Waals surface area contributed by atoms with Crippen LogP contribution in [-0.4, -0.2) is 17.9 Å². The standard InChI is InChI=1S/C26H23NO3/c28-24(30-18-19-10-4-1-5-11-19)16-23-22-17-26(22,20-12-6-2-7-13-20)25(29)27(23)21-14-8-3-9-15-21/h1-15,22-23H,16-18H2/t22-,23?,26+/m1/s1. The van der Waals surface area contributed by atoms with E-state index in [-0.39, 0.29) is 36.9 Å². The van der Waals surface area contributed by atoms with E-state index < -0.39 is 5.41 Å². The maximum absolute atomic E-state index is 13.6. The summed E-state index contributed by atoms with van der Waals surface area (Å²) in [6.07, 6.45) is 0.989. The molecule has 1 amide bonds. The molecule has 0 spiro atoms. The molecule has 0 bridgehead atoms. The number of anilines is 1. The molecule has 1 unspecified atom stereocenters. The minimum Gasteiger partial charge on any atom is -0.461 e. The van der Waals surface area contributed by atoms with Gasteiger partial charge in [-0.2, -0.15) is 0 Å². The molecule has 1 aliphatic heterocycles. The Hall–Kier alpha value is -3.40. The summed E-state index contributed by atoms with van der Waals surface area (Å²) in [4.78, 5) is 28.1. The van der Waals surface area contributed by atoms with Gasteiger partial charge in [-0.15, -0.1) is 0 Å². The van der Waals surface area contributed by atoms with Crippen LogP contribution in [0.5, 0.6) is 0 Å². The van der Waals surface area contributed by atoms with Gasteiger partial charge in [0.2, 0.25) is 5.91 Å². The van der Waals surface area contributed by atoms with E-state index in [2.05, 4.69) is 0 Å². The van der Waals surface area contributed by atoms with Gasteiger partial charge in [-0.25, -0.2) is 0 Å². The molecule has 4 heteroatoms. The summed E-state index contributed by atoms with van der Waals surface area (Å²) >= 11 is 0. The number of carbonyl (C=O) groups is 2. The van der Waals surface area contributed by atoms with Crippen molar-refractivity contribution in [1.29, 1.82) is 0 Å². The molecule has 1 saturated heterocycles. The van der Waals surface area contributed by atoms with E-state index in [1.807, 2.05) is 95.9 Å². The van der Waals surface area contributed by atoms with Crippen LogP contribution in [0.25, 0.3) is 0 Å². The highest BCUT2D eigenvalue weighted by molar-refractivity contribution is 6.08. The first-order valence-electron chi connectivity index (χ1n) is 10.3. The van der Waals surface area contributed by atoms with Crippen LogP contribution < -0.4 is 4.90 Å². The smallest absolute Gasteiger partial charge is 0.308 e. The van der Waals surface area contributed by atoms with Crippen LogP contribution in [0.1, 0.15) is 24.0 Å². The lowest BCUT2D eigenvalue weighted by atomic mass is 9.93. The van der Waals surface area contributed by atoms with E-state index >= 15 is 0 Å². The third kappa shape index (κ3) is 3.09. The number of hydrogen-bond donors (Lipinski definition) is 0. The molecule has 4 nitrogen and oxygen atoms in total. The zero-order valence-electron chi connectivity index (χ0n) is 16.6. The van der Waals surface area contributed by atoms with Crippen molar-refractivity contribution in [3.05, 3.63) is 102 Å². The Morgan fingerprint density at radius 2 is 1.50 bits per heavy atom. The molecule has 0 radical (unpaired) electrons. The number of ether oxygens (including phenoxy) is 1. The van der Waals surface area contributed by atoms with Crippen LogP contribution in [0.3, 0.4) is 0 Å². The molecular formula is C26H23NO3. The van der Waals surface area contributed by atoms with Crippen LogP contribution in [0.2, 0.25) is 0 Å². The maximum atomic E-state index is 13.6. The predicted octanol–water partition coefficient (Wildman–Crippen LogP) is 4.49. The van der Waals surface area contributed by atoms with Gasteiger partial charge in [-0.1, -0.05) is 78.9 Å². The van der Waals surface area contributed by atoms with Crippen molar-refractivity contribution >= 4 is 17.6 Å². The first-order chi connectivity index (χ1) is 14.7. The predicted molar refractivity (Wildman–Crippen MR) is 115 cm³/mol. The van der Waals surface area contributed by atoms with Gasteiger partial charge in [0, 0.05) is 11.6 Å². The summed E-state index contributed by atoms with van der Waals surface area (Å²) in [6.45, 7) is 0.250. The van der Waals surface area contributed by atoms with E-state index in [9.17, 15) is 9.59 Å². The lowest BCUT2D eigenvalue weighted by Crippen LogP contribution is -2.40. The zero-order valence-corrected chi connectivity index (χ0v) is 16.6. The van der Waals surface area contributed by atoms with Crippen molar-refractivity contribution in [3.8, 4) is 0 Å². The average Bonchev–Trinajstić information content (AvgIpc) is 3.51. The molecule has 30 heavy (non-hydrogen) atoms. The van der Waals surface area contributed by atoms with Gasteiger partial charge in [0.05, 0.1) is 17.9 Å². The Labute approximate surface area is 176 Å². The second-order valence-electron chi connectivity index (χ2n) is 8.08. The van der Waals surface area contributed by atoms with E-state index in [0.717, 1.165) is 23.2 Å². The summed E-state index contributed by atoms with van der Waals surface area (Å²) in [5, 5.41) is 0. The van der Waals surface area contributed by atoms with Gasteiger partial charge in [-0.05, 0) is 29.7 Å². The number of carbonyl (C=O) groups excluding carboxylic acids is 2. The first kappa shape index (κ1) is 18.6. The normalized spacial score (nSPS) is 24.4. The highest BCUT2D eigenvalue weighted by Crippen LogP contribution is 2.64. The van der Waals surface area contributed by atoms with Crippen LogP contribution in [0, 0.1) is 5.92 Å². The number of rotatable bonds is 6. The lowest BCUT2D eigenvalue weighted by Gasteiger charge is -2.28. The van der Waals surface area contributed by atoms with Gasteiger partial charge in [-0.3, -0.25) is 9.59 Å². The van der Waals surface area contributed by atoms with Gasteiger partial charge in [0.1, 0.15) is 6.61 Å². The molecule has 1 heterocycles. The minimum atomic E-state index is -0.512. The molecule has 0 N–H and O–H groups in total. The largest absolute Gasteiger partial charge is 0.461 e. The average molecular weight is 397 g/mol. The fourth-order valence-electron chi connectivity index (χ4n) is 4.83. The summed E-state index contributed by atoms with van der Waals surface area (Å²) in [7, 11) is 0. The molecule has 1 saturated carbocycles. The van der Waals surface area contributed by atoms with Crippen LogP contribution in [-0.2, 0) is 26.3 Å². The van der Waals surface area contributed by atoms with Crippen molar-refractivity contribution in [2.45, 2.75) is 30.9 Å². The van der Waals surface area contributed by atoms with Crippen LogP contribution in [0.4, 0.5) is 5.69 Å². The molecular weight excluding hydrogens is 374 g/mol. The number of piperidine rings is 1. The quantitative estimate of drug-likeness (QED) is 0.576. The highest BCUT2D eigenvalue weighted by atomic mass is 16.5. The minimum absolute atomic E-state index is 0.0887. The number of para-hydroxylation sites is 1. The zero-order chi connectivity index (χ0) is 20.6. The molecule has 3 atom stereocenters. The van der Waals surface area contributed by atoms with Gasteiger partial charge >= 0.3 is 5.97 Å². The van der Waals surface area contributed by atoms with Crippen molar-refractivity contribution < 1.29 is 14.3 Å². The van der Waals surface area contributed by atoms with E-state index in [1.54, 1.807) is 0 Å². The lowest BCUT2D eigenvalue weighted by molar-refractivity contribution is -0.145. The van der Waals surface area contributed by atoms with Crippen molar-refractivity contribution in [1.82, 2.24) is 0 Å². The van der Waals surface area contributed by atoms with Gasteiger partial charge < -0.3 is 9.64 Å². The second-order valence-corrected chi connectivity index (χ2v) is 8.08. The topological polar surface area (TPSA) is 46.6 Å².